The van der Waals surface area contributed by atoms with Gasteiger partial charge in [0.25, 0.3) is 0 Å². The first-order valence-corrected chi connectivity index (χ1v) is 14.3. The average Bonchev–Trinajstić information content (AvgIpc) is 3.17. The Kier molecular flexibility index (Phi) is 7.34. The van der Waals surface area contributed by atoms with Crippen LogP contribution in [0.5, 0.6) is 11.5 Å². The quantitative estimate of drug-likeness (QED) is 0.329. The zero-order chi connectivity index (χ0) is 25.4. The van der Waals surface area contributed by atoms with Gasteiger partial charge in [0.2, 0.25) is 8.38 Å². The molecule has 0 amide bonds. The van der Waals surface area contributed by atoms with Crippen molar-refractivity contribution in [1.29, 1.82) is 0 Å². The first-order valence-electron chi connectivity index (χ1n) is 12.6. The van der Waals surface area contributed by atoms with Crippen molar-refractivity contribution in [1.82, 2.24) is 0 Å². The smallest absolute Gasteiger partial charge is 0.211 e. The van der Waals surface area contributed by atoms with Gasteiger partial charge >= 0.3 is 0 Å². The number of phenolic OH excluding ortho intramolecular Hbond substituents is 1. The molecule has 0 spiro atoms. The van der Waals surface area contributed by atoms with E-state index in [-0.39, 0.29) is 11.5 Å². The van der Waals surface area contributed by atoms with E-state index in [0.29, 0.717) is 18.7 Å². The van der Waals surface area contributed by atoms with Crippen molar-refractivity contribution < 1.29 is 18.9 Å². The predicted molar refractivity (Wildman–Crippen MR) is 146 cm³/mol. The molecular formula is C30H34ClO4P. The molecule has 4 nitrogen and oxygen atoms in total. The second kappa shape index (κ2) is 10.3. The van der Waals surface area contributed by atoms with Crippen LogP contribution in [0.1, 0.15) is 71.7 Å². The zero-order valence-electron chi connectivity index (χ0n) is 21.4. The van der Waals surface area contributed by atoms with Gasteiger partial charge in [-0.15, -0.1) is 0 Å². The first-order chi connectivity index (χ1) is 17.2. The summed E-state index contributed by atoms with van der Waals surface area (Å²) in [6.45, 7) is 9.39. The largest absolute Gasteiger partial charge is 0.508 e. The van der Waals surface area contributed by atoms with Gasteiger partial charge in [-0.25, -0.2) is 0 Å². The third-order valence-corrected chi connectivity index (χ3v) is 9.05. The Balaban J connectivity index is 1.27. The number of fused-ring (bicyclic) bond motifs is 1. The van der Waals surface area contributed by atoms with E-state index in [2.05, 4.69) is 45.9 Å². The monoisotopic (exact) mass is 524 g/mol. The summed E-state index contributed by atoms with van der Waals surface area (Å²) in [5.74, 6) is 1.27. The van der Waals surface area contributed by atoms with Crippen molar-refractivity contribution in [2.75, 3.05) is 13.0 Å². The molecule has 0 bridgehead atoms. The van der Waals surface area contributed by atoms with Gasteiger partial charge in [0, 0.05) is 17.0 Å². The van der Waals surface area contributed by atoms with E-state index in [1.54, 1.807) is 0 Å². The Morgan fingerprint density at radius 2 is 1.89 bits per heavy atom. The zero-order valence-corrected chi connectivity index (χ0v) is 23.1. The number of aryl methyl sites for hydroxylation is 2. The summed E-state index contributed by atoms with van der Waals surface area (Å²) in [5.41, 5.74) is 8.60. The molecule has 2 atom stereocenters. The highest BCUT2D eigenvalue weighted by molar-refractivity contribution is 7.47. The van der Waals surface area contributed by atoms with Crippen LogP contribution in [0.3, 0.4) is 0 Å². The van der Waals surface area contributed by atoms with Crippen molar-refractivity contribution >= 4 is 20.0 Å². The van der Waals surface area contributed by atoms with Gasteiger partial charge in [-0.3, -0.25) is 0 Å². The fourth-order valence-electron chi connectivity index (χ4n) is 5.57. The van der Waals surface area contributed by atoms with Crippen molar-refractivity contribution in [3.63, 3.8) is 0 Å². The molecule has 190 valence electrons. The highest BCUT2D eigenvalue weighted by atomic mass is 35.5. The van der Waals surface area contributed by atoms with E-state index in [9.17, 15) is 5.11 Å². The molecule has 36 heavy (non-hydrogen) atoms. The van der Waals surface area contributed by atoms with Gasteiger partial charge in [0.1, 0.15) is 11.5 Å². The van der Waals surface area contributed by atoms with Crippen LogP contribution in [0.2, 0.25) is 5.02 Å². The highest BCUT2D eigenvalue weighted by Crippen LogP contribution is 2.49. The number of benzene rings is 3. The molecule has 0 aromatic heterocycles. The minimum atomic E-state index is -1.14. The Morgan fingerprint density at radius 3 is 2.64 bits per heavy atom. The molecule has 0 radical (unpaired) electrons. The van der Waals surface area contributed by atoms with Crippen molar-refractivity contribution in [2.24, 2.45) is 0 Å². The van der Waals surface area contributed by atoms with Crippen LogP contribution in [-0.4, -0.2) is 18.1 Å². The highest BCUT2D eigenvalue weighted by Gasteiger charge is 2.34. The summed E-state index contributed by atoms with van der Waals surface area (Å²) in [4.78, 5) is 0. The summed E-state index contributed by atoms with van der Waals surface area (Å²) in [5, 5.41) is 11.2. The Hall–Kier alpha value is -2.10. The fraction of sp³-hybridized carbons (Fsp3) is 0.400. The van der Waals surface area contributed by atoms with Crippen LogP contribution >= 0.6 is 20.0 Å². The summed E-state index contributed by atoms with van der Waals surface area (Å²) in [6, 6.07) is 16.0. The van der Waals surface area contributed by atoms with Gasteiger partial charge in [0.15, 0.2) is 6.35 Å². The SMILES string of the molecule is Cc1cc(OCP2OCCC(c3cccc(Cl)c3)O2)cc(C)c1Cc1ccc(O)c2c1CCC2(C)C. The van der Waals surface area contributed by atoms with Crippen LogP contribution in [-0.2, 0) is 27.3 Å². The number of rotatable bonds is 6. The molecule has 6 heteroatoms. The third-order valence-electron chi connectivity index (χ3n) is 7.52. The maximum Gasteiger partial charge on any atom is 0.211 e. The first kappa shape index (κ1) is 25.5. The summed E-state index contributed by atoms with van der Waals surface area (Å²) < 4.78 is 18.3. The topological polar surface area (TPSA) is 47.9 Å². The van der Waals surface area contributed by atoms with E-state index < -0.39 is 8.38 Å². The Morgan fingerprint density at radius 1 is 1.11 bits per heavy atom. The number of ether oxygens (including phenoxy) is 1. The second-order valence-electron chi connectivity index (χ2n) is 10.6. The fourth-order valence-corrected chi connectivity index (χ4v) is 7.04. The Labute approximate surface area is 220 Å². The molecule has 3 aromatic carbocycles. The lowest BCUT2D eigenvalue weighted by Gasteiger charge is -2.29. The van der Waals surface area contributed by atoms with Crippen LogP contribution in [0, 0.1) is 13.8 Å². The van der Waals surface area contributed by atoms with Crippen molar-refractivity contribution in [3.8, 4) is 11.5 Å². The van der Waals surface area contributed by atoms with E-state index in [1.165, 1.54) is 27.8 Å². The lowest BCUT2D eigenvalue weighted by molar-refractivity contribution is 0.100. The van der Waals surface area contributed by atoms with Crippen LogP contribution in [0.25, 0.3) is 0 Å². The molecule has 3 aromatic rings. The molecule has 1 N–H and O–H groups in total. The van der Waals surface area contributed by atoms with E-state index in [0.717, 1.165) is 47.6 Å². The average molecular weight is 525 g/mol. The van der Waals surface area contributed by atoms with Crippen molar-refractivity contribution in [2.45, 2.75) is 64.9 Å². The summed E-state index contributed by atoms with van der Waals surface area (Å²) >= 11 is 6.16. The lowest BCUT2D eigenvalue weighted by atomic mass is 9.84. The number of hydrogen-bond donors (Lipinski definition) is 1. The van der Waals surface area contributed by atoms with Crippen LogP contribution < -0.4 is 4.74 Å². The maximum atomic E-state index is 10.5. The predicted octanol–water partition coefficient (Wildman–Crippen LogP) is 8.30. The molecule has 5 rings (SSSR count). The molecule has 1 aliphatic carbocycles. The van der Waals surface area contributed by atoms with Crippen LogP contribution in [0.15, 0.2) is 48.5 Å². The third kappa shape index (κ3) is 5.29. The Bertz CT molecular complexity index is 1250. The molecule has 1 heterocycles. The van der Waals surface area contributed by atoms with E-state index in [1.807, 2.05) is 30.3 Å². The van der Waals surface area contributed by atoms with Gasteiger partial charge in [0.05, 0.1) is 12.7 Å². The minimum absolute atomic E-state index is 0.0185. The maximum absolute atomic E-state index is 10.5. The van der Waals surface area contributed by atoms with Crippen LogP contribution in [0.4, 0.5) is 0 Å². The lowest BCUT2D eigenvalue weighted by Crippen LogP contribution is -2.14. The molecular weight excluding hydrogens is 491 g/mol. The minimum Gasteiger partial charge on any atom is -0.508 e. The molecule has 1 saturated heterocycles. The molecule has 1 fully saturated rings. The molecule has 0 saturated carbocycles. The van der Waals surface area contributed by atoms with E-state index in [4.69, 9.17) is 25.4 Å². The van der Waals surface area contributed by atoms with Gasteiger partial charge < -0.3 is 18.9 Å². The van der Waals surface area contributed by atoms with Gasteiger partial charge in [-0.05, 0) is 102 Å². The molecule has 2 aliphatic rings. The van der Waals surface area contributed by atoms with Gasteiger partial charge in [-0.2, -0.15) is 0 Å². The number of halogens is 1. The molecule has 1 aliphatic heterocycles. The number of phenols is 1. The normalized spacial score (nSPS) is 20.8. The van der Waals surface area contributed by atoms with Crippen molar-refractivity contribution in [3.05, 3.63) is 92.5 Å². The summed E-state index contributed by atoms with van der Waals surface area (Å²) in [7, 11) is -1.14. The molecule has 2 unspecified atom stereocenters. The number of aromatic hydroxyl groups is 1. The van der Waals surface area contributed by atoms with Gasteiger partial charge in [-0.1, -0.05) is 43.6 Å². The standard InChI is InChI=1S/C30H34ClO4P/c1-19-14-24(33-18-36-34-13-11-28(35-36)22-6-5-7-23(31)16-22)15-20(2)26(19)17-21-8-9-27(32)29-25(21)10-12-30(29,3)4/h5-9,14-16,28,32H,10-13,17-18H2,1-4H3. The number of hydrogen-bond acceptors (Lipinski definition) is 4. The summed E-state index contributed by atoms with van der Waals surface area (Å²) in [6.07, 6.45) is 4.13. The van der Waals surface area contributed by atoms with E-state index >= 15 is 0 Å². The second-order valence-corrected chi connectivity index (χ2v) is 12.4.